The summed E-state index contributed by atoms with van der Waals surface area (Å²) < 4.78 is 7.35. The van der Waals surface area contributed by atoms with Crippen molar-refractivity contribution in [2.24, 2.45) is 0 Å². The number of carbonyl (C=O) groups is 1. The van der Waals surface area contributed by atoms with Gasteiger partial charge in [-0.2, -0.15) is 0 Å². The molecule has 3 heterocycles. The molecule has 2 aromatic rings. The van der Waals surface area contributed by atoms with Gasteiger partial charge in [-0.05, 0) is 33.6 Å². The molecule has 7 heteroatoms. The van der Waals surface area contributed by atoms with Crippen LogP contribution < -0.4 is 5.32 Å². The highest BCUT2D eigenvalue weighted by atomic mass is 16.5. The number of nitrogens with zero attached hydrogens (tertiary/aromatic N) is 4. The van der Waals surface area contributed by atoms with Gasteiger partial charge in [0.05, 0.1) is 6.33 Å². The Morgan fingerprint density at radius 2 is 2.24 bits per heavy atom. The molecular formula is C18H27N5O2. The summed E-state index contributed by atoms with van der Waals surface area (Å²) in [4.78, 5) is 18.8. The quantitative estimate of drug-likeness (QED) is 0.922. The number of anilines is 1. The van der Waals surface area contributed by atoms with Gasteiger partial charge in [-0.3, -0.25) is 5.32 Å². The zero-order valence-corrected chi connectivity index (χ0v) is 15.5. The van der Waals surface area contributed by atoms with Gasteiger partial charge in [0.15, 0.2) is 5.82 Å². The number of urea groups is 1. The van der Waals surface area contributed by atoms with Crippen LogP contribution in [-0.2, 0) is 12.0 Å². The number of likely N-dealkylation sites (tertiary alicyclic amines) is 1. The highest BCUT2D eigenvalue weighted by Crippen LogP contribution is 2.30. The lowest BCUT2D eigenvalue weighted by atomic mass is 9.94. The molecule has 0 aromatic carbocycles. The van der Waals surface area contributed by atoms with Crippen molar-refractivity contribution in [2.45, 2.75) is 58.4 Å². The topological polar surface area (TPSA) is 76.2 Å². The van der Waals surface area contributed by atoms with Crippen molar-refractivity contribution in [3.8, 4) is 0 Å². The molecule has 1 N–H and O–H groups in total. The van der Waals surface area contributed by atoms with Gasteiger partial charge in [0.2, 0.25) is 0 Å². The first-order valence-corrected chi connectivity index (χ1v) is 8.92. The lowest BCUT2D eigenvalue weighted by Crippen LogP contribution is -2.42. The predicted octanol–water partition coefficient (Wildman–Crippen LogP) is 3.60. The minimum atomic E-state index is -0.123. The highest BCUT2D eigenvalue weighted by molar-refractivity contribution is 5.88. The van der Waals surface area contributed by atoms with Gasteiger partial charge in [-0.25, -0.2) is 9.78 Å². The molecular weight excluding hydrogens is 318 g/mol. The maximum Gasteiger partial charge on any atom is 0.323 e. The number of carbonyl (C=O) groups excluding carboxylic acids is 1. The molecule has 0 radical (unpaired) electrons. The van der Waals surface area contributed by atoms with Crippen LogP contribution >= 0.6 is 0 Å². The Bertz CT molecular complexity index is 728. The molecule has 2 amide bonds. The second-order valence-corrected chi connectivity index (χ2v) is 7.61. The van der Waals surface area contributed by atoms with E-state index in [4.69, 9.17) is 4.52 Å². The molecule has 0 aliphatic carbocycles. The van der Waals surface area contributed by atoms with E-state index in [2.05, 4.69) is 40.8 Å². The summed E-state index contributed by atoms with van der Waals surface area (Å²) in [5.74, 6) is 1.54. The molecule has 0 bridgehead atoms. The van der Waals surface area contributed by atoms with Crippen LogP contribution in [0.1, 0.15) is 57.9 Å². The second kappa shape index (κ2) is 6.90. The van der Waals surface area contributed by atoms with Crippen molar-refractivity contribution >= 4 is 11.8 Å². The Morgan fingerprint density at radius 3 is 2.92 bits per heavy atom. The smallest absolute Gasteiger partial charge is 0.323 e. The number of piperidine rings is 1. The molecule has 1 fully saturated rings. The average Bonchev–Trinajstić information content (AvgIpc) is 3.23. The highest BCUT2D eigenvalue weighted by Gasteiger charge is 2.29. The Morgan fingerprint density at radius 1 is 1.44 bits per heavy atom. The third kappa shape index (κ3) is 3.86. The zero-order valence-electron chi connectivity index (χ0n) is 15.5. The summed E-state index contributed by atoms with van der Waals surface area (Å²) in [7, 11) is 0. The predicted molar refractivity (Wildman–Crippen MR) is 95.7 cm³/mol. The molecule has 25 heavy (non-hydrogen) atoms. The van der Waals surface area contributed by atoms with E-state index in [1.165, 1.54) is 5.69 Å². The first kappa shape index (κ1) is 17.5. The summed E-state index contributed by atoms with van der Waals surface area (Å²) >= 11 is 0. The van der Waals surface area contributed by atoms with E-state index < -0.39 is 0 Å². The number of hydrogen-bond acceptors (Lipinski definition) is 4. The minimum absolute atomic E-state index is 0.0202. The van der Waals surface area contributed by atoms with Crippen LogP contribution in [0.25, 0.3) is 0 Å². The van der Waals surface area contributed by atoms with Crippen LogP contribution in [0, 0.1) is 0 Å². The van der Waals surface area contributed by atoms with Crippen molar-refractivity contribution in [3.05, 3.63) is 30.0 Å². The van der Waals surface area contributed by atoms with E-state index >= 15 is 0 Å². The molecule has 1 aliphatic rings. The lowest BCUT2D eigenvalue weighted by molar-refractivity contribution is 0.190. The third-order valence-corrected chi connectivity index (χ3v) is 4.66. The lowest BCUT2D eigenvalue weighted by Gasteiger charge is -2.34. The van der Waals surface area contributed by atoms with Crippen LogP contribution in [-0.4, -0.2) is 38.7 Å². The fourth-order valence-electron chi connectivity index (χ4n) is 3.30. The van der Waals surface area contributed by atoms with E-state index in [0.29, 0.717) is 18.3 Å². The molecule has 0 saturated carbocycles. The SMILES string of the molecule is CCc1cc(NC(=O)N2CCCC(c3cncn3C(C)(C)C)C2)no1. The number of aromatic nitrogens is 3. The van der Waals surface area contributed by atoms with Gasteiger partial charge in [0.25, 0.3) is 0 Å². The molecule has 1 atom stereocenters. The molecule has 1 aliphatic heterocycles. The van der Waals surface area contributed by atoms with Crippen molar-refractivity contribution in [1.29, 1.82) is 0 Å². The molecule has 7 nitrogen and oxygen atoms in total. The Balaban J connectivity index is 1.69. The Labute approximate surface area is 148 Å². The fraction of sp³-hybridized carbons (Fsp3) is 0.611. The summed E-state index contributed by atoms with van der Waals surface area (Å²) in [5, 5.41) is 6.73. The monoisotopic (exact) mass is 345 g/mol. The Hall–Kier alpha value is -2.31. The minimum Gasteiger partial charge on any atom is -0.359 e. The third-order valence-electron chi connectivity index (χ3n) is 4.66. The van der Waals surface area contributed by atoms with E-state index in [-0.39, 0.29) is 11.6 Å². The summed E-state index contributed by atoms with van der Waals surface area (Å²) in [6.45, 7) is 9.93. The van der Waals surface area contributed by atoms with Gasteiger partial charge >= 0.3 is 6.03 Å². The molecule has 2 aromatic heterocycles. The van der Waals surface area contributed by atoms with Crippen LogP contribution in [0.15, 0.2) is 23.1 Å². The first-order chi connectivity index (χ1) is 11.9. The summed E-state index contributed by atoms with van der Waals surface area (Å²) in [6.07, 6.45) is 6.62. The largest absolute Gasteiger partial charge is 0.359 e. The fourth-order valence-corrected chi connectivity index (χ4v) is 3.30. The van der Waals surface area contributed by atoms with Crippen LogP contribution in [0.5, 0.6) is 0 Å². The number of aryl methyl sites for hydroxylation is 1. The maximum absolute atomic E-state index is 12.6. The van der Waals surface area contributed by atoms with Gasteiger partial charge < -0.3 is 14.0 Å². The van der Waals surface area contributed by atoms with Crippen molar-refractivity contribution < 1.29 is 9.32 Å². The van der Waals surface area contributed by atoms with Crippen LogP contribution in [0.2, 0.25) is 0 Å². The molecule has 1 unspecified atom stereocenters. The van der Waals surface area contributed by atoms with Gasteiger partial charge in [0.1, 0.15) is 5.76 Å². The first-order valence-electron chi connectivity index (χ1n) is 8.92. The number of imidazole rings is 1. The van der Waals surface area contributed by atoms with E-state index in [0.717, 1.165) is 31.6 Å². The van der Waals surface area contributed by atoms with E-state index in [1.54, 1.807) is 6.07 Å². The maximum atomic E-state index is 12.6. The summed E-state index contributed by atoms with van der Waals surface area (Å²) in [6, 6.07) is 1.65. The van der Waals surface area contributed by atoms with Gasteiger partial charge in [-0.15, -0.1) is 0 Å². The molecule has 1 saturated heterocycles. The molecule has 136 valence electrons. The number of hydrogen-bond donors (Lipinski definition) is 1. The second-order valence-electron chi connectivity index (χ2n) is 7.61. The van der Waals surface area contributed by atoms with Crippen LogP contribution in [0.4, 0.5) is 10.6 Å². The van der Waals surface area contributed by atoms with E-state index in [9.17, 15) is 4.79 Å². The average molecular weight is 345 g/mol. The van der Waals surface area contributed by atoms with E-state index in [1.807, 2.05) is 24.3 Å². The van der Waals surface area contributed by atoms with Gasteiger partial charge in [-0.1, -0.05) is 12.1 Å². The summed E-state index contributed by atoms with van der Waals surface area (Å²) in [5.41, 5.74) is 1.17. The zero-order chi connectivity index (χ0) is 18.0. The van der Waals surface area contributed by atoms with Gasteiger partial charge in [0, 0.05) is 48.9 Å². The molecule has 0 spiro atoms. The number of amides is 2. The van der Waals surface area contributed by atoms with Crippen molar-refractivity contribution in [1.82, 2.24) is 19.6 Å². The van der Waals surface area contributed by atoms with Crippen molar-refractivity contribution in [2.75, 3.05) is 18.4 Å². The van der Waals surface area contributed by atoms with Crippen molar-refractivity contribution in [3.63, 3.8) is 0 Å². The normalized spacial score (nSPS) is 18.4. The number of nitrogens with one attached hydrogen (secondary N) is 1. The van der Waals surface area contributed by atoms with Crippen LogP contribution in [0.3, 0.4) is 0 Å². The molecule has 3 rings (SSSR count). The number of rotatable bonds is 3. The standard InChI is InChI=1S/C18H27N5O2/c1-5-14-9-16(21-25-14)20-17(24)22-8-6-7-13(11-22)15-10-19-12-23(15)18(2,3)4/h9-10,12-13H,5-8,11H2,1-4H3,(H,20,21,24). The Kier molecular flexibility index (Phi) is 4.83.